The second-order valence-corrected chi connectivity index (χ2v) is 7.07. The van der Waals surface area contributed by atoms with Gasteiger partial charge in [0.05, 0.1) is 0 Å². The Balaban J connectivity index is 0. The van der Waals surface area contributed by atoms with Gasteiger partial charge in [-0.1, -0.05) is 0 Å². The first-order chi connectivity index (χ1) is 7.66. The third kappa shape index (κ3) is 9.56. The number of aliphatic hydroxyl groups is 1. The van der Waals surface area contributed by atoms with Gasteiger partial charge in [0.15, 0.2) is 0 Å². The van der Waals surface area contributed by atoms with Crippen LogP contribution in [0.2, 0.25) is 0 Å². The number of rotatable bonds is 8. The van der Waals surface area contributed by atoms with E-state index in [2.05, 4.69) is 0 Å². The topological polar surface area (TPSA) is 57.2 Å². The monoisotopic (exact) mass is 300 g/mol. The summed E-state index contributed by atoms with van der Waals surface area (Å²) in [5, 5.41) is 7.57. The first kappa shape index (κ1) is 18.7. The predicted molar refractivity (Wildman–Crippen MR) is 65.0 cm³/mol. The van der Waals surface area contributed by atoms with E-state index in [0.29, 0.717) is 26.4 Å². The first-order valence-corrected chi connectivity index (χ1v) is 9.25. The molecule has 0 unspecified atom stereocenters. The molecule has 0 saturated carbocycles. The van der Waals surface area contributed by atoms with Crippen LogP contribution in [0.25, 0.3) is 0 Å². The second kappa shape index (κ2) is 13.4. The van der Waals surface area contributed by atoms with E-state index in [-0.39, 0.29) is 6.61 Å². The Kier molecular flexibility index (Phi) is 15.7. The molecule has 0 rings (SSSR count). The van der Waals surface area contributed by atoms with Gasteiger partial charge >= 0.3 is 83.8 Å². The summed E-state index contributed by atoms with van der Waals surface area (Å²) < 4.78 is 21.9. The molecule has 1 N–H and O–H groups in total. The molecule has 0 fully saturated rings. The standard InChI is InChI=1S/C8H20GeO4.C2H6O/c1-5-10-9(11-6-2,12-7-3)13-8-4;1-2-3/h5-8H2,1-4H3;3H,2H2,1H3. The van der Waals surface area contributed by atoms with Gasteiger partial charge < -0.3 is 5.11 Å². The molecule has 6 heteroatoms. The summed E-state index contributed by atoms with van der Waals surface area (Å²) in [6.07, 6.45) is 0. The molecule has 0 radical (unpaired) electrons. The summed E-state index contributed by atoms with van der Waals surface area (Å²) in [4.78, 5) is 0. The van der Waals surface area contributed by atoms with E-state index in [0.717, 1.165) is 0 Å². The van der Waals surface area contributed by atoms with E-state index >= 15 is 0 Å². The van der Waals surface area contributed by atoms with Gasteiger partial charge in [-0.25, -0.2) is 0 Å². The fourth-order valence-corrected chi connectivity index (χ4v) is 4.97. The molecular formula is C10H26GeO5. The van der Waals surface area contributed by atoms with E-state index in [1.807, 2.05) is 27.7 Å². The average molecular weight is 299 g/mol. The van der Waals surface area contributed by atoms with Gasteiger partial charge in [0.2, 0.25) is 0 Å². The molecule has 5 nitrogen and oxygen atoms in total. The van der Waals surface area contributed by atoms with Gasteiger partial charge in [-0.3, -0.25) is 0 Å². The van der Waals surface area contributed by atoms with Crippen LogP contribution in [0.4, 0.5) is 0 Å². The third-order valence-electron chi connectivity index (χ3n) is 1.28. The Morgan fingerprint density at radius 3 is 1.00 bits per heavy atom. The zero-order valence-electron chi connectivity index (χ0n) is 11.1. The maximum absolute atomic E-state index is 7.57. The molecule has 0 aromatic carbocycles. The van der Waals surface area contributed by atoms with Crippen molar-refractivity contribution in [3.8, 4) is 0 Å². The van der Waals surface area contributed by atoms with Crippen molar-refractivity contribution in [2.45, 2.75) is 34.6 Å². The Hall–Kier alpha value is 0.343. The van der Waals surface area contributed by atoms with Crippen LogP contribution in [0.15, 0.2) is 0 Å². The van der Waals surface area contributed by atoms with Crippen LogP contribution in [0.5, 0.6) is 0 Å². The molecular weight excluding hydrogens is 273 g/mol. The molecule has 0 heterocycles. The summed E-state index contributed by atoms with van der Waals surface area (Å²) in [5.74, 6) is 0. The van der Waals surface area contributed by atoms with E-state index in [1.54, 1.807) is 6.92 Å². The minimum absolute atomic E-state index is 0.250. The van der Waals surface area contributed by atoms with Crippen molar-refractivity contribution in [2.75, 3.05) is 33.0 Å². The summed E-state index contributed by atoms with van der Waals surface area (Å²) in [5.41, 5.74) is 0. The van der Waals surface area contributed by atoms with Gasteiger partial charge in [-0.2, -0.15) is 0 Å². The van der Waals surface area contributed by atoms with Crippen LogP contribution < -0.4 is 0 Å². The van der Waals surface area contributed by atoms with Gasteiger partial charge in [0.1, 0.15) is 0 Å². The molecule has 100 valence electrons. The zero-order chi connectivity index (χ0) is 12.9. The summed E-state index contributed by atoms with van der Waals surface area (Å²) in [6.45, 7) is 11.9. The first-order valence-electron chi connectivity index (χ1n) is 5.82. The van der Waals surface area contributed by atoms with Gasteiger partial charge in [-0.05, 0) is 6.92 Å². The van der Waals surface area contributed by atoms with Crippen molar-refractivity contribution in [3.63, 3.8) is 0 Å². The van der Waals surface area contributed by atoms with Gasteiger partial charge in [0.25, 0.3) is 0 Å². The van der Waals surface area contributed by atoms with Crippen molar-refractivity contribution in [1.82, 2.24) is 0 Å². The molecule has 0 aliphatic carbocycles. The molecule has 0 amide bonds. The van der Waals surface area contributed by atoms with Crippen LogP contribution in [-0.4, -0.2) is 52.8 Å². The average Bonchev–Trinajstić information content (AvgIpc) is 2.20. The molecule has 0 aliphatic heterocycles. The number of aliphatic hydroxyl groups excluding tert-OH is 1. The molecule has 0 atom stereocenters. The normalized spacial score (nSPS) is 10.9. The van der Waals surface area contributed by atoms with Crippen LogP contribution in [0, 0.1) is 0 Å². The van der Waals surface area contributed by atoms with Crippen molar-refractivity contribution in [2.24, 2.45) is 0 Å². The van der Waals surface area contributed by atoms with Crippen molar-refractivity contribution in [1.29, 1.82) is 0 Å². The van der Waals surface area contributed by atoms with Gasteiger partial charge in [-0.15, -0.1) is 0 Å². The van der Waals surface area contributed by atoms with Crippen molar-refractivity contribution in [3.05, 3.63) is 0 Å². The van der Waals surface area contributed by atoms with Crippen LogP contribution in [-0.2, 0) is 15.1 Å². The second-order valence-electron chi connectivity index (χ2n) is 2.55. The molecule has 0 spiro atoms. The van der Waals surface area contributed by atoms with Crippen LogP contribution in [0.3, 0.4) is 0 Å². The third-order valence-corrected chi connectivity index (χ3v) is 6.67. The minimum atomic E-state index is -3.32. The molecule has 0 aromatic heterocycles. The fourth-order valence-electron chi connectivity index (χ4n) is 0.957. The molecule has 0 saturated heterocycles. The Labute approximate surface area is 103 Å². The quantitative estimate of drug-likeness (QED) is 0.689. The van der Waals surface area contributed by atoms with Crippen molar-refractivity contribution < 1.29 is 20.2 Å². The van der Waals surface area contributed by atoms with Crippen LogP contribution in [0.1, 0.15) is 34.6 Å². The van der Waals surface area contributed by atoms with Crippen LogP contribution >= 0.6 is 0 Å². The SMILES string of the molecule is CCO.CC[O][Ge]([O]CC)([O]CC)[O]CC. The number of hydrogen-bond donors (Lipinski definition) is 1. The zero-order valence-corrected chi connectivity index (χ0v) is 13.2. The summed E-state index contributed by atoms with van der Waals surface area (Å²) in [6, 6.07) is 0. The summed E-state index contributed by atoms with van der Waals surface area (Å²) >= 11 is -3.32. The molecule has 0 bridgehead atoms. The summed E-state index contributed by atoms with van der Waals surface area (Å²) in [7, 11) is 0. The Bertz CT molecular complexity index is 105. The fraction of sp³-hybridized carbons (Fsp3) is 1.00. The maximum atomic E-state index is 7.57. The van der Waals surface area contributed by atoms with E-state index in [1.165, 1.54) is 0 Å². The van der Waals surface area contributed by atoms with Gasteiger partial charge in [0, 0.05) is 6.61 Å². The van der Waals surface area contributed by atoms with Crippen molar-refractivity contribution >= 4 is 14.6 Å². The molecule has 0 aromatic rings. The molecule has 0 aliphatic rings. The predicted octanol–water partition coefficient (Wildman–Crippen LogP) is 1.57. The van der Waals surface area contributed by atoms with E-state index in [4.69, 9.17) is 20.2 Å². The van der Waals surface area contributed by atoms with E-state index in [9.17, 15) is 0 Å². The molecule has 16 heavy (non-hydrogen) atoms. The van der Waals surface area contributed by atoms with E-state index < -0.39 is 14.6 Å². The number of hydrogen-bond acceptors (Lipinski definition) is 5. The Morgan fingerprint density at radius 1 is 0.688 bits per heavy atom. The Morgan fingerprint density at radius 2 is 0.875 bits per heavy atom.